The first kappa shape index (κ1) is 13.5. The molecule has 20 heavy (non-hydrogen) atoms. The number of thiophene rings is 1. The number of imidazole rings is 1. The summed E-state index contributed by atoms with van der Waals surface area (Å²) in [4.78, 5) is 5.64. The van der Waals surface area contributed by atoms with Gasteiger partial charge in [-0.25, -0.2) is 4.98 Å². The zero-order valence-corrected chi connectivity index (χ0v) is 13.0. The van der Waals surface area contributed by atoms with E-state index >= 15 is 0 Å². The number of nitrogen functional groups attached to an aromatic ring is 1. The Kier molecular flexibility index (Phi) is 3.43. The zero-order chi connectivity index (χ0) is 14.3. The van der Waals surface area contributed by atoms with Crippen molar-refractivity contribution in [1.82, 2.24) is 19.3 Å². The highest BCUT2D eigenvalue weighted by atomic mass is 35.5. The van der Waals surface area contributed by atoms with Crippen molar-refractivity contribution in [2.24, 2.45) is 7.05 Å². The lowest BCUT2D eigenvalue weighted by Gasteiger charge is -2.04. The van der Waals surface area contributed by atoms with Crippen molar-refractivity contribution in [1.29, 1.82) is 0 Å². The molecular formula is C13H16ClN5S. The molecule has 3 heterocycles. The minimum absolute atomic E-state index is 0.523. The van der Waals surface area contributed by atoms with E-state index in [1.54, 1.807) is 11.3 Å². The number of hydrogen-bond acceptors (Lipinski definition) is 4. The van der Waals surface area contributed by atoms with Crippen LogP contribution in [-0.2, 0) is 20.0 Å². The molecule has 0 aliphatic carbocycles. The summed E-state index contributed by atoms with van der Waals surface area (Å²) in [5.74, 6) is 0.523. The SMILES string of the molecule is CCCc1nn(C)c2c1nc(N)n2Cc1ccc(Cl)s1. The van der Waals surface area contributed by atoms with Crippen LogP contribution in [0, 0.1) is 0 Å². The van der Waals surface area contributed by atoms with E-state index in [-0.39, 0.29) is 0 Å². The van der Waals surface area contributed by atoms with E-state index in [2.05, 4.69) is 17.0 Å². The van der Waals surface area contributed by atoms with Gasteiger partial charge in [-0.2, -0.15) is 5.10 Å². The molecule has 3 rings (SSSR count). The quantitative estimate of drug-likeness (QED) is 0.805. The molecule has 0 unspecified atom stereocenters. The van der Waals surface area contributed by atoms with Gasteiger partial charge in [-0.05, 0) is 18.6 Å². The van der Waals surface area contributed by atoms with Gasteiger partial charge in [0.15, 0.2) is 5.65 Å². The molecule has 3 aromatic rings. The molecule has 106 valence electrons. The Bertz CT molecular complexity index is 754. The van der Waals surface area contributed by atoms with Crippen LogP contribution in [0.4, 0.5) is 5.95 Å². The Balaban J connectivity index is 2.08. The predicted molar refractivity (Wildman–Crippen MR) is 83.3 cm³/mol. The van der Waals surface area contributed by atoms with Crippen LogP contribution in [0.1, 0.15) is 23.9 Å². The Hall–Kier alpha value is -1.53. The third-order valence-electron chi connectivity index (χ3n) is 3.25. The van der Waals surface area contributed by atoms with Crippen LogP contribution in [0.15, 0.2) is 12.1 Å². The van der Waals surface area contributed by atoms with Gasteiger partial charge in [-0.15, -0.1) is 11.3 Å². The molecule has 0 amide bonds. The smallest absolute Gasteiger partial charge is 0.202 e. The highest BCUT2D eigenvalue weighted by Gasteiger charge is 2.17. The first-order valence-electron chi connectivity index (χ1n) is 6.52. The van der Waals surface area contributed by atoms with Crippen molar-refractivity contribution >= 4 is 40.0 Å². The number of aromatic nitrogens is 4. The molecule has 0 aliphatic rings. The van der Waals surface area contributed by atoms with Gasteiger partial charge in [0.05, 0.1) is 16.6 Å². The van der Waals surface area contributed by atoms with Crippen LogP contribution in [0.3, 0.4) is 0 Å². The lowest BCUT2D eigenvalue weighted by Crippen LogP contribution is -2.07. The van der Waals surface area contributed by atoms with E-state index in [9.17, 15) is 0 Å². The monoisotopic (exact) mass is 309 g/mol. The number of fused-ring (bicyclic) bond motifs is 1. The number of rotatable bonds is 4. The summed E-state index contributed by atoms with van der Waals surface area (Å²) in [6, 6.07) is 3.92. The number of halogens is 1. The van der Waals surface area contributed by atoms with Crippen LogP contribution in [0.25, 0.3) is 11.2 Å². The van der Waals surface area contributed by atoms with Crippen molar-refractivity contribution in [3.63, 3.8) is 0 Å². The van der Waals surface area contributed by atoms with E-state index in [1.165, 1.54) is 0 Å². The Morgan fingerprint density at radius 3 is 2.85 bits per heavy atom. The predicted octanol–water partition coefficient (Wildman–Crippen LogP) is 3.07. The van der Waals surface area contributed by atoms with Gasteiger partial charge in [-0.3, -0.25) is 9.25 Å². The average Bonchev–Trinajstić information content (AvgIpc) is 3.02. The number of nitrogens with two attached hydrogens (primary N) is 1. The molecule has 7 heteroatoms. The van der Waals surface area contributed by atoms with Gasteiger partial charge in [0.1, 0.15) is 5.52 Å². The molecule has 0 saturated heterocycles. The average molecular weight is 310 g/mol. The molecule has 0 radical (unpaired) electrons. The normalized spacial score (nSPS) is 11.6. The number of anilines is 1. The van der Waals surface area contributed by atoms with Gasteiger partial charge >= 0.3 is 0 Å². The minimum atomic E-state index is 0.523. The van der Waals surface area contributed by atoms with Gasteiger partial charge in [0.2, 0.25) is 5.95 Å². The molecule has 0 fully saturated rings. The van der Waals surface area contributed by atoms with Crippen LogP contribution >= 0.6 is 22.9 Å². The van der Waals surface area contributed by atoms with E-state index in [0.717, 1.165) is 38.9 Å². The van der Waals surface area contributed by atoms with E-state index < -0.39 is 0 Å². The Labute approximate surface area is 126 Å². The fourth-order valence-electron chi connectivity index (χ4n) is 2.41. The van der Waals surface area contributed by atoms with E-state index in [1.807, 2.05) is 28.4 Å². The molecule has 3 aromatic heterocycles. The van der Waals surface area contributed by atoms with Crippen LogP contribution in [0.2, 0.25) is 4.34 Å². The lowest BCUT2D eigenvalue weighted by molar-refractivity contribution is 0.714. The fourth-order valence-corrected chi connectivity index (χ4v) is 3.49. The highest BCUT2D eigenvalue weighted by molar-refractivity contribution is 7.16. The van der Waals surface area contributed by atoms with Crippen molar-refractivity contribution in [3.05, 3.63) is 27.0 Å². The standard InChI is InChI=1S/C13H16ClN5S/c1-3-4-9-11-12(18(2)17-9)19(13(15)16-11)7-8-5-6-10(14)20-8/h5-6H,3-4,7H2,1-2H3,(H2,15,16). The molecule has 0 bridgehead atoms. The van der Waals surface area contributed by atoms with Crippen molar-refractivity contribution in [2.75, 3.05) is 5.73 Å². The van der Waals surface area contributed by atoms with Crippen molar-refractivity contribution in [2.45, 2.75) is 26.3 Å². The molecule has 0 aliphatic heterocycles. The summed E-state index contributed by atoms with van der Waals surface area (Å²) in [6.07, 6.45) is 1.96. The van der Waals surface area contributed by atoms with Gasteiger partial charge in [-0.1, -0.05) is 24.9 Å². The molecule has 0 aromatic carbocycles. The Morgan fingerprint density at radius 1 is 1.40 bits per heavy atom. The summed E-state index contributed by atoms with van der Waals surface area (Å²) >= 11 is 7.54. The summed E-state index contributed by atoms with van der Waals surface area (Å²) in [5, 5.41) is 4.54. The number of hydrogen-bond donors (Lipinski definition) is 1. The maximum absolute atomic E-state index is 6.07. The van der Waals surface area contributed by atoms with Gasteiger partial charge < -0.3 is 5.73 Å². The van der Waals surface area contributed by atoms with E-state index in [0.29, 0.717) is 12.5 Å². The topological polar surface area (TPSA) is 61.7 Å². The highest BCUT2D eigenvalue weighted by Crippen LogP contribution is 2.26. The summed E-state index contributed by atoms with van der Waals surface area (Å²) in [5.41, 5.74) is 8.96. The van der Waals surface area contributed by atoms with Crippen LogP contribution < -0.4 is 5.73 Å². The second-order valence-electron chi connectivity index (χ2n) is 4.75. The van der Waals surface area contributed by atoms with Crippen molar-refractivity contribution in [3.8, 4) is 0 Å². The number of aryl methyl sites for hydroxylation is 2. The molecule has 0 spiro atoms. The van der Waals surface area contributed by atoms with Gasteiger partial charge in [0.25, 0.3) is 0 Å². The van der Waals surface area contributed by atoms with E-state index in [4.69, 9.17) is 17.3 Å². The maximum atomic E-state index is 6.07. The third kappa shape index (κ3) is 2.19. The number of nitrogens with zero attached hydrogens (tertiary/aromatic N) is 4. The Morgan fingerprint density at radius 2 is 2.20 bits per heavy atom. The largest absolute Gasteiger partial charge is 0.369 e. The second-order valence-corrected chi connectivity index (χ2v) is 6.55. The van der Waals surface area contributed by atoms with Crippen LogP contribution in [-0.4, -0.2) is 19.3 Å². The molecule has 5 nitrogen and oxygen atoms in total. The van der Waals surface area contributed by atoms with Crippen molar-refractivity contribution < 1.29 is 0 Å². The summed E-state index contributed by atoms with van der Waals surface area (Å²) in [7, 11) is 1.93. The maximum Gasteiger partial charge on any atom is 0.202 e. The first-order chi connectivity index (χ1) is 9.60. The minimum Gasteiger partial charge on any atom is -0.369 e. The summed E-state index contributed by atoms with van der Waals surface area (Å²) < 4.78 is 4.63. The zero-order valence-electron chi connectivity index (χ0n) is 11.4. The third-order valence-corrected chi connectivity index (χ3v) is 4.47. The second kappa shape index (κ2) is 5.10. The first-order valence-corrected chi connectivity index (χ1v) is 7.71. The van der Waals surface area contributed by atoms with Gasteiger partial charge in [0, 0.05) is 11.9 Å². The lowest BCUT2D eigenvalue weighted by atomic mass is 10.2. The summed E-state index contributed by atoms with van der Waals surface area (Å²) in [6.45, 7) is 2.80. The molecule has 0 saturated carbocycles. The fraction of sp³-hybridized carbons (Fsp3) is 0.385. The molecule has 0 atom stereocenters. The molecular weight excluding hydrogens is 294 g/mol. The van der Waals surface area contributed by atoms with Crippen LogP contribution in [0.5, 0.6) is 0 Å². The molecule has 2 N–H and O–H groups in total.